The molecule has 0 saturated carbocycles. The summed E-state index contributed by atoms with van der Waals surface area (Å²) < 4.78 is 10.9. The molecule has 0 spiro atoms. The molecule has 21 heavy (non-hydrogen) atoms. The van der Waals surface area contributed by atoms with Crippen LogP contribution >= 0.6 is 11.3 Å². The van der Waals surface area contributed by atoms with Crippen molar-refractivity contribution < 1.29 is 14.3 Å². The van der Waals surface area contributed by atoms with Gasteiger partial charge in [-0.15, -0.1) is 11.3 Å². The SMILES string of the molecule is CCO[C@@H](C)c1nc(CC(=O)OC[C@@H]2CC=CCC2)cs1. The minimum Gasteiger partial charge on any atom is -0.465 e. The molecule has 116 valence electrons. The predicted molar refractivity (Wildman–Crippen MR) is 83.3 cm³/mol. The molecule has 1 aliphatic rings. The highest BCUT2D eigenvalue weighted by Gasteiger charge is 2.15. The molecule has 0 radical (unpaired) electrons. The van der Waals surface area contributed by atoms with Crippen molar-refractivity contribution in [1.29, 1.82) is 0 Å². The molecule has 5 heteroatoms. The average molecular weight is 309 g/mol. The maximum absolute atomic E-state index is 11.9. The van der Waals surface area contributed by atoms with Crippen LogP contribution in [0.4, 0.5) is 0 Å². The topological polar surface area (TPSA) is 48.4 Å². The maximum atomic E-state index is 11.9. The van der Waals surface area contributed by atoms with Gasteiger partial charge in [-0.1, -0.05) is 12.2 Å². The highest BCUT2D eigenvalue weighted by molar-refractivity contribution is 7.09. The Morgan fingerprint density at radius 2 is 2.38 bits per heavy atom. The van der Waals surface area contributed by atoms with E-state index < -0.39 is 0 Å². The van der Waals surface area contributed by atoms with Crippen LogP contribution in [0, 0.1) is 5.92 Å². The first-order chi connectivity index (χ1) is 10.2. The molecule has 1 aromatic rings. The number of thiazole rings is 1. The summed E-state index contributed by atoms with van der Waals surface area (Å²) in [5, 5.41) is 2.83. The molecule has 0 N–H and O–H groups in total. The zero-order valence-electron chi connectivity index (χ0n) is 12.7. The lowest BCUT2D eigenvalue weighted by molar-refractivity contribution is -0.144. The third kappa shape index (κ3) is 5.25. The van der Waals surface area contributed by atoms with E-state index in [0.717, 1.165) is 30.0 Å². The second-order valence-electron chi connectivity index (χ2n) is 5.28. The lowest BCUT2D eigenvalue weighted by Crippen LogP contribution is -2.16. The molecule has 1 aromatic heterocycles. The van der Waals surface area contributed by atoms with E-state index in [9.17, 15) is 4.79 Å². The number of allylic oxidation sites excluding steroid dienone is 2. The lowest BCUT2D eigenvalue weighted by atomic mass is 9.95. The van der Waals surface area contributed by atoms with Crippen LogP contribution in [0.3, 0.4) is 0 Å². The van der Waals surface area contributed by atoms with Gasteiger partial charge in [0.1, 0.15) is 11.1 Å². The van der Waals surface area contributed by atoms with Crippen LogP contribution in [0.5, 0.6) is 0 Å². The first-order valence-electron chi connectivity index (χ1n) is 7.55. The van der Waals surface area contributed by atoms with Crippen molar-refractivity contribution in [1.82, 2.24) is 4.98 Å². The monoisotopic (exact) mass is 309 g/mol. The van der Waals surface area contributed by atoms with Gasteiger partial charge in [-0.25, -0.2) is 4.98 Å². The van der Waals surface area contributed by atoms with E-state index in [2.05, 4.69) is 17.1 Å². The van der Waals surface area contributed by atoms with Gasteiger partial charge < -0.3 is 9.47 Å². The van der Waals surface area contributed by atoms with Crippen molar-refractivity contribution in [2.75, 3.05) is 13.2 Å². The van der Waals surface area contributed by atoms with Crippen molar-refractivity contribution in [3.05, 3.63) is 28.2 Å². The number of carbonyl (C=O) groups excluding carboxylic acids is 1. The van der Waals surface area contributed by atoms with E-state index in [0.29, 0.717) is 19.1 Å². The maximum Gasteiger partial charge on any atom is 0.311 e. The minimum atomic E-state index is -0.189. The number of hydrogen-bond acceptors (Lipinski definition) is 5. The molecule has 0 aliphatic heterocycles. The summed E-state index contributed by atoms with van der Waals surface area (Å²) in [4.78, 5) is 16.3. The van der Waals surface area contributed by atoms with Gasteiger partial charge in [-0.3, -0.25) is 4.79 Å². The van der Waals surface area contributed by atoms with Gasteiger partial charge >= 0.3 is 5.97 Å². The summed E-state index contributed by atoms with van der Waals surface area (Å²) in [7, 11) is 0. The van der Waals surface area contributed by atoms with Gasteiger partial charge in [0.05, 0.1) is 18.7 Å². The fraction of sp³-hybridized carbons (Fsp3) is 0.625. The van der Waals surface area contributed by atoms with Gasteiger partial charge in [-0.2, -0.15) is 0 Å². The standard InChI is InChI=1S/C16H23NO3S/c1-3-19-12(2)16-17-14(11-21-16)9-15(18)20-10-13-7-5-4-6-8-13/h4-5,11-13H,3,6-10H2,1-2H3/t12-,13+/m0/s1. The number of rotatable bonds is 7. The molecule has 1 heterocycles. The molecule has 0 bridgehead atoms. The number of nitrogens with zero attached hydrogens (tertiary/aromatic N) is 1. The fourth-order valence-corrected chi connectivity index (χ4v) is 3.15. The first-order valence-corrected chi connectivity index (χ1v) is 8.43. The zero-order valence-corrected chi connectivity index (χ0v) is 13.5. The second kappa shape index (κ2) is 8.29. The molecule has 0 saturated heterocycles. The molecule has 0 aromatic carbocycles. The quantitative estimate of drug-likeness (QED) is 0.569. The van der Waals surface area contributed by atoms with Crippen LogP contribution in [0.25, 0.3) is 0 Å². The third-order valence-electron chi connectivity index (χ3n) is 3.52. The highest BCUT2D eigenvalue weighted by Crippen LogP contribution is 2.22. The fourth-order valence-electron chi connectivity index (χ4n) is 2.33. The normalized spacial score (nSPS) is 19.4. The molecule has 2 atom stereocenters. The van der Waals surface area contributed by atoms with E-state index >= 15 is 0 Å². The summed E-state index contributed by atoms with van der Waals surface area (Å²) in [6.45, 7) is 5.12. The van der Waals surface area contributed by atoms with Crippen molar-refractivity contribution in [2.24, 2.45) is 5.92 Å². The van der Waals surface area contributed by atoms with Crippen LogP contribution in [-0.2, 0) is 20.7 Å². The number of aromatic nitrogens is 1. The lowest BCUT2D eigenvalue weighted by Gasteiger charge is -2.17. The van der Waals surface area contributed by atoms with E-state index in [4.69, 9.17) is 9.47 Å². The summed E-state index contributed by atoms with van der Waals surface area (Å²) in [6, 6.07) is 0. The summed E-state index contributed by atoms with van der Waals surface area (Å²) in [6.07, 6.45) is 7.80. The van der Waals surface area contributed by atoms with Crippen LogP contribution < -0.4 is 0 Å². The Morgan fingerprint density at radius 3 is 3.10 bits per heavy atom. The van der Waals surface area contributed by atoms with Gasteiger partial charge in [0.15, 0.2) is 0 Å². The van der Waals surface area contributed by atoms with E-state index in [1.807, 2.05) is 19.2 Å². The van der Waals surface area contributed by atoms with E-state index in [1.54, 1.807) is 0 Å². The van der Waals surface area contributed by atoms with Gasteiger partial charge in [-0.05, 0) is 39.0 Å². The van der Waals surface area contributed by atoms with Crippen LogP contribution in [0.1, 0.15) is 49.9 Å². The Balaban J connectivity index is 1.75. The predicted octanol–water partition coefficient (Wildman–Crippen LogP) is 3.68. The summed E-state index contributed by atoms with van der Waals surface area (Å²) in [5.74, 6) is 0.286. The Morgan fingerprint density at radius 1 is 1.52 bits per heavy atom. The first kappa shape index (κ1) is 16.2. The molecule has 2 rings (SSSR count). The van der Waals surface area contributed by atoms with Crippen molar-refractivity contribution in [2.45, 2.75) is 45.6 Å². The van der Waals surface area contributed by atoms with Gasteiger partial charge in [0.25, 0.3) is 0 Å². The molecule has 0 fully saturated rings. The van der Waals surface area contributed by atoms with Crippen LogP contribution in [0.15, 0.2) is 17.5 Å². The van der Waals surface area contributed by atoms with Crippen LogP contribution in [0.2, 0.25) is 0 Å². The van der Waals surface area contributed by atoms with Crippen LogP contribution in [-0.4, -0.2) is 24.2 Å². The third-order valence-corrected chi connectivity index (χ3v) is 4.57. The van der Waals surface area contributed by atoms with Gasteiger partial charge in [0.2, 0.25) is 0 Å². The number of esters is 1. The number of ether oxygens (including phenoxy) is 2. The average Bonchev–Trinajstić information content (AvgIpc) is 2.95. The Bertz CT molecular complexity index is 484. The Labute approximate surface area is 130 Å². The van der Waals surface area contributed by atoms with E-state index in [-0.39, 0.29) is 18.5 Å². The highest BCUT2D eigenvalue weighted by atomic mass is 32.1. The number of hydrogen-bond donors (Lipinski definition) is 0. The summed E-state index contributed by atoms with van der Waals surface area (Å²) in [5.41, 5.74) is 0.773. The van der Waals surface area contributed by atoms with Crippen molar-refractivity contribution in [3.63, 3.8) is 0 Å². The molecular weight excluding hydrogens is 286 g/mol. The minimum absolute atomic E-state index is 0.0150. The molecule has 0 amide bonds. The van der Waals surface area contributed by atoms with Crippen molar-refractivity contribution >= 4 is 17.3 Å². The zero-order chi connectivity index (χ0) is 15.1. The summed E-state index contributed by atoms with van der Waals surface area (Å²) >= 11 is 1.53. The van der Waals surface area contributed by atoms with Crippen molar-refractivity contribution in [3.8, 4) is 0 Å². The largest absolute Gasteiger partial charge is 0.465 e. The molecule has 0 unspecified atom stereocenters. The molecule has 4 nitrogen and oxygen atoms in total. The molecule has 1 aliphatic carbocycles. The Hall–Kier alpha value is -1.20. The second-order valence-corrected chi connectivity index (χ2v) is 6.17. The smallest absolute Gasteiger partial charge is 0.311 e. The van der Waals surface area contributed by atoms with E-state index in [1.165, 1.54) is 11.3 Å². The number of carbonyl (C=O) groups is 1. The Kier molecular flexibility index (Phi) is 6.39. The molecular formula is C16H23NO3S. The van der Waals surface area contributed by atoms with Gasteiger partial charge in [0, 0.05) is 12.0 Å².